The molecule has 0 bridgehead atoms. The van der Waals surface area contributed by atoms with Crippen LogP contribution in [-0.4, -0.2) is 41.0 Å². The van der Waals surface area contributed by atoms with E-state index in [2.05, 4.69) is 31.3 Å². The summed E-state index contributed by atoms with van der Waals surface area (Å²) in [5.41, 5.74) is 0.909. The highest BCUT2D eigenvalue weighted by Crippen LogP contribution is 2.40. The number of rotatable bonds is 4. The molecule has 3 aromatic rings. The van der Waals surface area contributed by atoms with Crippen molar-refractivity contribution in [3.8, 4) is 23.1 Å². The standard InChI is InChI=1S/C19H17BrN4O4/c1-26-15-8-12(9-16-17(15)28-7-3-6-27-16)19(25)23-14-4-2-5-21-18(14)24-11-13(20)10-22-24/h2,4-5,8-11H,3,6-7H2,1H3,(H,23,25). The Hall–Kier alpha value is -3.07. The number of hydrogen-bond acceptors (Lipinski definition) is 6. The van der Waals surface area contributed by atoms with Crippen molar-refractivity contribution >= 4 is 27.5 Å². The summed E-state index contributed by atoms with van der Waals surface area (Å²) in [7, 11) is 1.53. The maximum absolute atomic E-state index is 12.9. The quantitative estimate of drug-likeness (QED) is 0.662. The van der Waals surface area contributed by atoms with E-state index < -0.39 is 0 Å². The fourth-order valence-electron chi connectivity index (χ4n) is 2.81. The molecule has 4 rings (SSSR count). The third-order valence-corrected chi connectivity index (χ3v) is 4.51. The number of fused-ring (bicyclic) bond motifs is 1. The first kappa shape index (κ1) is 18.3. The fourth-order valence-corrected chi connectivity index (χ4v) is 3.10. The van der Waals surface area contributed by atoms with Gasteiger partial charge in [-0.25, -0.2) is 9.67 Å². The monoisotopic (exact) mass is 444 g/mol. The number of benzene rings is 1. The average molecular weight is 445 g/mol. The minimum atomic E-state index is -0.325. The summed E-state index contributed by atoms with van der Waals surface area (Å²) in [5.74, 6) is 1.63. The van der Waals surface area contributed by atoms with Gasteiger partial charge >= 0.3 is 0 Å². The van der Waals surface area contributed by atoms with E-state index in [-0.39, 0.29) is 5.91 Å². The summed E-state index contributed by atoms with van der Waals surface area (Å²) < 4.78 is 19.2. The number of carbonyl (C=O) groups excluding carboxylic acids is 1. The largest absolute Gasteiger partial charge is 0.493 e. The van der Waals surface area contributed by atoms with E-state index in [0.29, 0.717) is 47.5 Å². The molecule has 1 N–H and O–H groups in total. The summed E-state index contributed by atoms with van der Waals surface area (Å²) >= 11 is 3.36. The normalized spacial score (nSPS) is 12.9. The minimum absolute atomic E-state index is 0.325. The molecular weight excluding hydrogens is 428 g/mol. The molecule has 0 spiro atoms. The molecular formula is C19H17BrN4O4. The van der Waals surface area contributed by atoms with Crippen molar-refractivity contribution in [2.24, 2.45) is 0 Å². The van der Waals surface area contributed by atoms with E-state index in [1.165, 1.54) is 7.11 Å². The second kappa shape index (κ2) is 7.89. The van der Waals surface area contributed by atoms with Crippen LogP contribution in [0, 0.1) is 0 Å². The molecule has 1 amide bonds. The van der Waals surface area contributed by atoms with Crippen LogP contribution < -0.4 is 19.5 Å². The molecule has 1 aliphatic rings. The number of amides is 1. The number of nitrogens with zero attached hydrogens (tertiary/aromatic N) is 3. The lowest BCUT2D eigenvalue weighted by atomic mass is 10.1. The Morgan fingerprint density at radius 1 is 1.32 bits per heavy atom. The highest BCUT2D eigenvalue weighted by atomic mass is 79.9. The Morgan fingerprint density at radius 2 is 2.18 bits per heavy atom. The maximum atomic E-state index is 12.9. The summed E-state index contributed by atoms with van der Waals surface area (Å²) in [6.07, 6.45) is 5.80. The Labute approximate surface area is 169 Å². The molecule has 0 fully saturated rings. The lowest BCUT2D eigenvalue weighted by Crippen LogP contribution is -2.15. The third-order valence-electron chi connectivity index (χ3n) is 4.10. The van der Waals surface area contributed by atoms with Crippen LogP contribution in [0.3, 0.4) is 0 Å². The van der Waals surface area contributed by atoms with Crippen LogP contribution in [0.2, 0.25) is 0 Å². The summed E-state index contributed by atoms with van der Waals surface area (Å²) in [6.45, 7) is 1.05. The van der Waals surface area contributed by atoms with Crippen LogP contribution in [-0.2, 0) is 0 Å². The number of ether oxygens (including phenoxy) is 3. The van der Waals surface area contributed by atoms with Crippen LogP contribution in [0.1, 0.15) is 16.8 Å². The first-order chi connectivity index (χ1) is 13.7. The number of halogens is 1. The molecule has 1 aromatic carbocycles. The molecule has 0 aliphatic carbocycles. The number of anilines is 1. The van der Waals surface area contributed by atoms with Crippen molar-refractivity contribution in [3.05, 3.63) is 52.9 Å². The molecule has 9 heteroatoms. The van der Waals surface area contributed by atoms with Gasteiger partial charge in [-0.3, -0.25) is 4.79 Å². The van der Waals surface area contributed by atoms with Crippen LogP contribution in [0.4, 0.5) is 5.69 Å². The molecule has 28 heavy (non-hydrogen) atoms. The number of methoxy groups -OCH3 is 1. The molecule has 0 saturated heterocycles. The lowest BCUT2D eigenvalue weighted by Gasteiger charge is -2.14. The van der Waals surface area contributed by atoms with Crippen molar-refractivity contribution in [2.75, 3.05) is 25.6 Å². The van der Waals surface area contributed by atoms with Gasteiger partial charge in [0, 0.05) is 24.4 Å². The van der Waals surface area contributed by atoms with Crippen molar-refractivity contribution in [1.82, 2.24) is 14.8 Å². The topological polar surface area (TPSA) is 87.5 Å². The zero-order valence-electron chi connectivity index (χ0n) is 15.0. The zero-order valence-corrected chi connectivity index (χ0v) is 16.6. The van der Waals surface area contributed by atoms with E-state index in [1.807, 2.05) is 0 Å². The smallest absolute Gasteiger partial charge is 0.256 e. The van der Waals surface area contributed by atoms with Gasteiger partial charge in [-0.05, 0) is 40.2 Å². The first-order valence-corrected chi connectivity index (χ1v) is 9.39. The fraction of sp³-hybridized carbons (Fsp3) is 0.211. The van der Waals surface area contributed by atoms with Crippen molar-refractivity contribution in [3.63, 3.8) is 0 Å². The SMILES string of the molecule is COc1cc(C(=O)Nc2cccnc2-n2cc(Br)cn2)cc2c1OCCCO2. The van der Waals surface area contributed by atoms with Gasteiger partial charge in [-0.15, -0.1) is 0 Å². The molecule has 3 heterocycles. The highest BCUT2D eigenvalue weighted by molar-refractivity contribution is 9.10. The van der Waals surface area contributed by atoms with Gasteiger partial charge in [-0.2, -0.15) is 5.10 Å². The van der Waals surface area contributed by atoms with Crippen LogP contribution in [0.25, 0.3) is 5.82 Å². The number of carbonyl (C=O) groups is 1. The number of pyridine rings is 1. The van der Waals surface area contributed by atoms with Gasteiger partial charge in [0.05, 0.1) is 36.7 Å². The van der Waals surface area contributed by atoms with E-state index in [1.54, 1.807) is 47.5 Å². The molecule has 2 aromatic heterocycles. The molecule has 0 saturated carbocycles. The van der Waals surface area contributed by atoms with Crippen LogP contribution in [0.5, 0.6) is 17.2 Å². The molecule has 8 nitrogen and oxygen atoms in total. The number of hydrogen-bond donors (Lipinski definition) is 1. The van der Waals surface area contributed by atoms with Crippen molar-refractivity contribution in [1.29, 1.82) is 0 Å². The van der Waals surface area contributed by atoms with Gasteiger partial charge < -0.3 is 19.5 Å². The second-order valence-corrected chi connectivity index (χ2v) is 6.90. The molecule has 0 unspecified atom stereocenters. The van der Waals surface area contributed by atoms with E-state index in [9.17, 15) is 4.79 Å². The molecule has 1 aliphatic heterocycles. The first-order valence-electron chi connectivity index (χ1n) is 8.60. The predicted molar refractivity (Wildman–Crippen MR) is 106 cm³/mol. The van der Waals surface area contributed by atoms with E-state index >= 15 is 0 Å². The highest BCUT2D eigenvalue weighted by Gasteiger charge is 2.21. The van der Waals surface area contributed by atoms with Gasteiger partial charge in [-0.1, -0.05) is 0 Å². The average Bonchev–Trinajstić information content (AvgIpc) is 2.99. The summed E-state index contributed by atoms with van der Waals surface area (Å²) in [6, 6.07) is 6.78. The Bertz CT molecular complexity index is 1020. The minimum Gasteiger partial charge on any atom is -0.493 e. The third kappa shape index (κ3) is 3.65. The predicted octanol–water partition coefficient (Wildman–Crippen LogP) is 3.45. The van der Waals surface area contributed by atoms with Gasteiger partial charge in [0.25, 0.3) is 5.91 Å². The zero-order chi connectivity index (χ0) is 19.5. The lowest BCUT2D eigenvalue weighted by molar-refractivity contribution is 0.102. The Balaban J connectivity index is 1.66. The molecule has 0 radical (unpaired) electrons. The number of aromatic nitrogens is 3. The Kier molecular flexibility index (Phi) is 5.16. The summed E-state index contributed by atoms with van der Waals surface area (Å²) in [5, 5.41) is 7.10. The molecule has 144 valence electrons. The van der Waals surface area contributed by atoms with Crippen molar-refractivity contribution < 1.29 is 19.0 Å². The van der Waals surface area contributed by atoms with Gasteiger partial charge in [0.2, 0.25) is 5.75 Å². The van der Waals surface area contributed by atoms with E-state index in [4.69, 9.17) is 14.2 Å². The second-order valence-electron chi connectivity index (χ2n) is 5.99. The van der Waals surface area contributed by atoms with Gasteiger partial charge in [0.15, 0.2) is 17.3 Å². The summed E-state index contributed by atoms with van der Waals surface area (Å²) in [4.78, 5) is 17.2. The van der Waals surface area contributed by atoms with Crippen LogP contribution >= 0.6 is 15.9 Å². The maximum Gasteiger partial charge on any atom is 0.256 e. The van der Waals surface area contributed by atoms with Gasteiger partial charge in [0.1, 0.15) is 0 Å². The number of nitrogens with one attached hydrogen (secondary N) is 1. The van der Waals surface area contributed by atoms with E-state index in [0.717, 1.165) is 10.9 Å². The molecule has 0 atom stereocenters. The van der Waals surface area contributed by atoms with Crippen molar-refractivity contribution in [2.45, 2.75) is 6.42 Å². The Morgan fingerprint density at radius 3 is 2.96 bits per heavy atom. The van der Waals surface area contributed by atoms with Crippen LogP contribution in [0.15, 0.2) is 47.3 Å².